The molecule has 1 aromatic heterocycles. The summed E-state index contributed by atoms with van der Waals surface area (Å²) in [6.07, 6.45) is 2.47. The lowest BCUT2D eigenvalue weighted by molar-refractivity contribution is 0.268. The van der Waals surface area contributed by atoms with Crippen molar-refractivity contribution in [3.8, 4) is 0 Å². The molecule has 1 unspecified atom stereocenters. The van der Waals surface area contributed by atoms with Gasteiger partial charge in [-0.15, -0.1) is 0 Å². The molecule has 0 aromatic carbocycles. The molecule has 1 aliphatic rings. The third-order valence-corrected chi connectivity index (χ3v) is 5.84. The van der Waals surface area contributed by atoms with Gasteiger partial charge in [0.1, 0.15) is 0 Å². The Morgan fingerprint density at radius 1 is 1.58 bits per heavy atom. The maximum absolute atomic E-state index is 12.3. The van der Waals surface area contributed by atoms with Crippen LogP contribution in [-0.2, 0) is 16.6 Å². The second-order valence-corrected chi connectivity index (χ2v) is 7.87. The molecule has 0 aliphatic carbocycles. The van der Waals surface area contributed by atoms with E-state index in [1.54, 1.807) is 28.6 Å². The topological polar surface area (TPSA) is 71.3 Å². The third kappa shape index (κ3) is 3.34. The van der Waals surface area contributed by atoms with Crippen molar-refractivity contribution in [2.24, 2.45) is 0 Å². The summed E-state index contributed by atoms with van der Waals surface area (Å²) in [4.78, 5) is 0.238. The zero-order chi connectivity index (χ0) is 14.0. The zero-order valence-electron chi connectivity index (χ0n) is 11.2. The van der Waals surface area contributed by atoms with Gasteiger partial charge in [0.15, 0.2) is 0 Å². The number of rotatable bonds is 5. The number of aromatic nitrogens is 1. The second-order valence-electron chi connectivity index (χ2n) is 5.01. The molecule has 0 saturated carbocycles. The van der Waals surface area contributed by atoms with Crippen LogP contribution in [0.5, 0.6) is 0 Å². The molecule has 0 amide bonds. The van der Waals surface area contributed by atoms with Crippen molar-refractivity contribution in [1.29, 1.82) is 0 Å². The van der Waals surface area contributed by atoms with E-state index >= 15 is 0 Å². The van der Waals surface area contributed by atoms with Crippen LogP contribution in [0.25, 0.3) is 0 Å². The van der Waals surface area contributed by atoms with Gasteiger partial charge in [-0.25, -0.2) is 13.1 Å². The molecule has 1 aromatic rings. The van der Waals surface area contributed by atoms with Crippen LogP contribution in [0.1, 0.15) is 32.0 Å². The van der Waals surface area contributed by atoms with Gasteiger partial charge in [-0.2, -0.15) is 11.8 Å². The number of hydrogen-bond donors (Lipinski definition) is 2. The largest absolute Gasteiger partial charge is 0.390 e. The molecule has 2 rings (SSSR count). The summed E-state index contributed by atoms with van der Waals surface area (Å²) < 4.78 is 29.1. The molecule has 5 nitrogen and oxygen atoms in total. The fourth-order valence-electron chi connectivity index (χ4n) is 2.17. The van der Waals surface area contributed by atoms with Gasteiger partial charge in [0.2, 0.25) is 10.0 Å². The van der Waals surface area contributed by atoms with Crippen molar-refractivity contribution in [3.05, 3.63) is 18.0 Å². The van der Waals surface area contributed by atoms with E-state index in [-0.39, 0.29) is 23.6 Å². The molecule has 1 atom stereocenters. The van der Waals surface area contributed by atoms with E-state index in [0.29, 0.717) is 5.69 Å². The molecule has 7 heteroatoms. The van der Waals surface area contributed by atoms with Crippen molar-refractivity contribution in [2.45, 2.75) is 43.9 Å². The number of thioether (sulfide) groups is 1. The zero-order valence-corrected chi connectivity index (χ0v) is 12.8. The quantitative estimate of drug-likeness (QED) is 0.861. The van der Waals surface area contributed by atoms with Gasteiger partial charge in [-0.05, 0) is 32.1 Å². The third-order valence-electron chi connectivity index (χ3n) is 3.19. The first-order valence-electron chi connectivity index (χ1n) is 6.35. The highest BCUT2D eigenvalue weighted by atomic mass is 32.2. The summed E-state index contributed by atoms with van der Waals surface area (Å²) in [5.41, 5.74) is 0.621. The minimum atomic E-state index is -3.48. The number of nitrogens with one attached hydrogen (secondary N) is 1. The fourth-order valence-corrected chi connectivity index (χ4v) is 4.74. The number of aliphatic hydroxyl groups is 1. The molecule has 0 radical (unpaired) electrons. The fraction of sp³-hybridized carbons (Fsp3) is 0.667. The minimum Gasteiger partial charge on any atom is -0.390 e. The number of hydrogen-bond acceptors (Lipinski definition) is 4. The smallest absolute Gasteiger partial charge is 0.242 e. The Kier molecular flexibility index (Phi) is 4.60. The minimum absolute atomic E-state index is 0.0231. The monoisotopic (exact) mass is 304 g/mol. The van der Waals surface area contributed by atoms with Crippen LogP contribution < -0.4 is 4.72 Å². The van der Waals surface area contributed by atoms with E-state index in [1.165, 1.54) is 0 Å². The lowest BCUT2D eigenvalue weighted by atomic mass is 10.3. The summed E-state index contributed by atoms with van der Waals surface area (Å²) in [7, 11) is -3.48. The lowest BCUT2D eigenvalue weighted by Gasteiger charge is -2.11. The number of aliphatic hydroxyl groups excluding tert-OH is 1. The highest BCUT2D eigenvalue weighted by Gasteiger charge is 2.25. The standard InChI is InChI=1S/C12H20N2O3S2/c1-9(2)14-6-12(5-11(14)7-15)19(16,17)13-10-3-4-18-8-10/h5-6,9-10,13,15H,3-4,7-8H2,1-2H3. The van der Waals surface area contributed by atoms with Gasteiger partial charge in [0.25, 0.3) is 0 Å². The van der Waals surface area contributed by atoms with Crippen LogP contribution in [0, 0.1) is 0 Å². The maximum Gasteiger partial charge on any atom is 0.242 e. The van der Waals surface area contributed by atoms with Gasteiger partial charge in [0, 0.05) is 29.7 Å². The van der Waals surface area contributed by atoms with Gasteiger partial charge in [0.05, 0.1) is 11.5 Å². The Labute approximate surface area is 118 Å². The van der Waals surface area contributed by atoms with Crippen LogP contribution in [-0.4, -0.2) is 35.6 Å². The predicted molar refractivity (Wildman–Crippen MR) is 76.8 cm³/mol. The molecule has 19 heavy (non-hydrogen) atoms. The molecule has 1 fully saturated rings. The van der Waals surface area contributed by atoms with Gasteiger partial charge < -0.3 is 9.67 Å². The molecule has 2 heterocycles. The van der Waals surface area contributed by atoms with Crippen molar-refractivity contribution in [1.82, 2.24) is 9.29 Å². The van der Waals surface area contributed by atoms with E-state index in [2.05, 4.69) is 4.72 Å². The highest BCUT2D eigenvalue weighted by Crippen LogP contribution is 2.22. The summed E-state index contributed by atoms with van der Waals surface area (Å²) in [6.45, 7) is 3.75. The van der Waals surface area contributed by atoms with Crippen molar-refractivity contribution >= 4 is 21.8 Å². The van der Waals surface area contributed by atoms with Crippen LogP contribution in [0.4, 0.5) is 0 Å². The van der Waals surface area contributed by atoms with Crippen LogP contribution >= 0.6 is 11.8 Å². The Morgan fingerprint density at radius 2 is 2.32 bits per heavy atom. The molecule has 1 saturated heterocycles. The van der Waals surface area contributed by atoms with Crippen molar-refractivity contribution < 1.29 is 13.5 Å². The summed E-state index contributed by atoms with van der Waals surface area (Å²) >= 11 is 1.76. The van der Waals surface area contributed by atoms with E-state index in [0.717, 1.165) is 17.9 Å². The van der Waals surface area contributed by atoms with E-state index < -0.39 is 10.0 Å². The molecular formula is C12H20N2O3S2. The van der Waals surface area contributed by atoms with E-state index in [4.69, 9.17) is 0 Å². The van der Waals surface area contributed by atoms with Crippen molar-refractivity contribution in [2.75, 3.05) is 11.5 Å². The van der Waals surface area contributed by atoms with Crippen molar-refractivity contribution in [3.63, 3.8) is 0 Å². The van der Waals surface area contributed by atoms with Gasteiger partial charge in [-0.3, -0.25) is 0 Å². The number of nitrogens with zero attached hydrogens (tertiary/aromatic N) is 1. The SMILES string of the molecule is CC(C)n1cc(S(=O)(=O)NC2CCSC2)cc1CO. The average molecular weight is 304 g/mol. The summed E-state index contributed by atoms with van der Waals surface area (Å²) in [6, 6.07) is 1.69. The molecule has 2 N–H and O–H groups in total. The number of sulfonamides is 1. The predicted octanol–water partition coefficient (Wildman–Crippen LogP) is 1.35. The molecule has 108 valence electrons. The molecule has 0 bridgehead atoms. The molecular weight excluding hydrogens is 284 g/mol. The first-order valence-corrected chi connectivity index (χ1v) is 8.99. The summed E-state index contributed by atoms with van der Waals surface area (Å²) in [5.74, 6) is 1.83. The Morgan fingerprint density at radius 3 is 2.79 bits per heavy atom. The van der Waals surface area contributed by atoms with Gasteiger partial charge >= 0.3 is 0 Å². The summed E-state index contributed by atoms with van der Waals surface area (Å²) in [5, 5.41) is 9.29. The second kappa shape index (κ2) is 5.87. The Bertz CT molecular complexity index is 531. The molecule has 0 spiro atoms. The first-order chi connectivity index (χ1) is 8.94. The van der Waals surface area contributed by atoms with E-state index in [9.17, 15) is 13.5 Å². The first kappa shape index (κ1) is 14.9. The maximum atomic E-state index is 12.3. The highest BCUT2D eigenvalue weighted by molar-refractivity contribution is 7.99. The van der Waals surface area contributed by atoms with E-state index in [1.807, 2.05) is 13.8 Å². The normalized spacial score (nSPS) is 20.3. The van der Waals surface area contributed by atoms with Crippen LogP contribution in [0.2, 0.25) is 0 Å². The lowest BCUT2D eigenvalue weighted by Crippen LogP contribution is -2.34. The Balaban J connectivity index is 2.24. The average Bonchev–Trinajstić information content (AvgIpc) is 2.95. The van der Waals surface area contributed by atoms with Crippen LogP contribution in [0.3, 0.4) is 0 Å². The van der Waals surface area contributed by atoms with Crippen LogP contribution in [0.15, 0.2) is 17.2 Å². The van der Waals surface area contributed by atoms with Gasteiger partial charge in [-0.1, -0.05) is 0 Å². The Hall–Kier alpha value is -0.500. The molecule has 1 aliphatic heterocycles.